The SMILES string of the molecule is COc1ccc2c(OCCn3cc(-c4ccc(O)c(F)c4)ccc3=O)ccnc2c1. The minimum Gasteiger partial charge on any atom is -0.505 e. The first-order valence-corrected chi connectivity index (χ1v) is 9.30. The van der Waals surface area contributed by atoms with E-state index in [0.29, 0.717) is 29.2 Å². The van der Waals surface area contributed by atoms with E-state index in [1.165, 1.54) is 22.8 Å². The topological polar surface area (TPSA) is 73.6 Å². The van der Waals surface area contributed by atoms with E-state index in [4.69, 9.17) is 9.47 Å². The van der Waals surface area contributed by atoms with Gasteiger partial charge in [0.1, 0.15) is 18.1 Å². The van der Waals surface area contributed by atoms with Gasteiger partial charge in [-0.25, -0.2) is 4.39 Å². The van der Waals surface area contributed by atoms with Gasteiger partial charge in [-0.1, -0.05) is 6.07 Å². The van der Waals surface area contributed by atoms with Crippen LogP contribution in [0.5, 0.6) is 17.2 Å². The Bertz CT molecular complexity index is 1270. The monoisotopic (exact) mass is 406 g/mol. The zero-order chi connectivity index (χ0) is 21.1. The van der Waals surface area contributed by atoms with E-state index in [2.05, 4.69) is 4.98 Å². The Morgan fingerprint density at radius 2 is 1.90 bits per heavy atom. The van der Waals surface area contributed by atoms with Crippen LogP contribution in [0, 0.1) is 5.82 Å². The fourth-order valence-electron chi connectivity index (χ4n) is 3.17. The van der Waals surface area contributed by atoms with Crippen molar-refractivity contribution in [3.05, 3.63) is 83.2 Å². The van der Waals surface area contributed by atoms with Crippen molar-refractivity contribution in [2.45, 2.75) is 6.54 Å². The molecule has 0 unspecified atom stereocenters. The lowest BCUT2D eigenvalue weighted by Crippen LogP contribution is -2.22. The normalized spacial score (nSPS) is 10.9. The number of aromatic nitrogens is 2. The number of ether oxygens (including phenoxy) is 2. The molecule has 4 aromatic rings. The van der Waals surface area contributed by atoms with Crippen LogP contribution in [0.25, 0.3) is 22.0 Å². The Labute approximate surface area is 171 Å². The highest BCUT2D eigenvalue weighted by Gasteiger charge is 2.08. The molecule has 1 N–H and O–H groups in total. The van der Waals surface area contributed by atoms with Gasteiger partial charge in [0.05, 0.1) is 19.2 Å². The number of hydrogen-bond acceptors (Lipinski definition) is 5. The number of benzene rings is 2. The molecule has 0 radical (unpaired) electrons. The van der Waals surface area contributed by atoms with Gasteiger partial charge in [-0.2, -0.15) is 0 Å². The quantitative estimate of drug-likeness (QED) is 0.524. The number of halogens is 1. The zero-order valence-corrected chi connectivity index (χ0v) is 16.2. The van der Waals surface area contributed by atoms with Crippen LogP contribution in [0.15, 0.2) is 71.8 Å². The Balaban J connectivity index is 1.52. The summed E-state index contributed by atoms with van der Waals surface area (Å²) in [6, 6.07) is 14.5. The number of hydrogen-bond donors (Lipinski definition) is 1. The molecule has 4 rings (SSSR count). The molecule has 2 aromatic heterocycles. The van der Waals surface area contributed by atoms with Crippen molar-refractivity contribution in [1.29, 1.82) is 0 Å². The molecule has 0 saturated carbocycles. The number of phenolic OH excluding ortho intramolecular Hbond substituents is 1. The summed E-state index contributed by atoms with van der Waals surface area (Å²) in [7, 11) is 1.60. The molecule has 6 nitrogen and oxygen atoms in total. The number of rotatable bonds is 6. The average molecular weight is 406 g/mol. The van der Waals surface area contributed by atoms with E-state index in [0.717, 1.165) is 10.9 Å². The molecule has 152 valence electrons. The van der Waals surface area contributed by atoms with Gasteiger partial charge >= 0.3 is 0 Å². The van der Waals surface area contributed by atoms with Gasteiger partial charge in [-0.15, -0.1) is 0 Å². The van der Waals surface area contributed by atoms with Gasteiger partial charge in [0.2, 0.25) is 0 Å². The van der Waals surface area contributed by atoms with Gasteiger partial charge in [0.25, 0.3) is 5.56 Å². The van der Waals surface area contributed by atoms with Crippen molar-refractivity contribution in [1.82, 2.24) is 9.55 Å². The molecular weight excluding hydrogens is 387 g/mol. The van der Waals surface area contributed by atoms with Crippen molar-refractivity contribution in [2.24, 2.45) is 0 Å². The first-order chi connectivity index (χ1) is 14.5. The smallest absolute Gasteiger partial charge is 0.250 e. The summed E-state index contributed by atoms with van der Waals surface area (Å²) < 4.78 is 26.3. The maximum Gasteiger partial charge on any atom is 0.250 e. The molecule has 2 heterocycles. The predicted octanol–water partition coefficient (Wildman–Crippen LogP) is 4.00. The molecule has 0 spiro atoms. The third kappa shape index (κ3) is 3.96. The summed E-state index contributed by atoms with van der Waals surface area (Å²) in [4.78, 5) is 16.5. The van der Waals surface area contributed by atoms with Crippen LogP contribution < -0.4 is 15.0 Å². The number of methoxy groups -OCH3 is 1. The molecule has 0 aliphatic heterocycles. The molecular formula is C23H19FN2O4. The first kappa shape index (κ1) is 19.4. The number of phenols is 1. The van der Waals surface area contributed by atoms with Gasteiger partial charge in [0, 0.05) is 29.9 Å². The summed E-state index contributed by atoms with van der Waals surface area (Å²) in [5.41, 5.74) is 1.79. The minimum absolute atomic E-state index is 0.189. The fourth-order valence-corrected chi connectivity index (χ4v) is 3.17. The lowest BCUT2D eigenvalue weighted by Gasteiger charge is -2.12. The summed E-state index contributed by atoms with van der Waals surface area (Å²) in [6.45, 7) is 0.575. The standard InChI is InChI=1S/C23H19FN2O4/c1-29-17-4-5-18-20(13-17)25-9-8-22(18)30-11-10-26-14-16(3-7-23(26)28)15-2-6-21(27)19(24)12-15/h2-9,12-14,27H,10-11H2,1H3. The Morgan fingerprint density at radius 3 is 2.70 bits per heavy atom. The van der Waals surface area contributed by atoms with E-state index >= 15 is 0 Å². The second-order valence-electron chi connectivity index (χ2n) is 6.66. The molecule has 0 bridgehead atoms. The van der Waals surface area contributed by atoms with Crippen LogP contribution in [0.4, 0.5) is 4.39 Å². The highest BCUT2D eigenvalue weighted by Crippen LogP contribution is 2.27. The van der Waals surface area contributed by atoms with Crippen molar-refractivity contribution >= 4 is 10.9 Å². The average Bonchev–Trinajstić information content (AvgIpc) is 2.76. The molecule has 0 aliphatic carbocycles. The van der Waals surface area contributed by atoms with Crippen molar-refractivity contribution in [2.75, 3.05) is 13.7 Å². The minimum atomic E-state index is -0.713. The summed E-state index contributed by atoms with van der Waals surface area (Å²) >= 11 is 0. The second-order valence-corrected chi connectivity index (χ2v) is 6.66. The van der Waals surface area contributed by atoms with Crippen LogP contribution in [-0.2, 0) is 6.54 Å². The second kappa shape index (κ2) is 8.24. The molecule has 0 aliphatic rings. The van der Waals surface area contributed by atoms with Crippen molar-refractivity contribution in [3.8, 4) is 28.4 Å². The van der Waals surface area contributed by atoms with E-state index in [-0.39, 0.29) is 12.2 Å². The molecule has 2 aromatic carbocycles. The van der Waals surface area contributed by atoms with Crippen molar-refractivity contribution in [3.63, 3.8) is 0 Å². The largest absolute Gasteiger partial charge is 0.505 e. The van der Waals surface area contributed by atoms with E-state index in [1.54, 1.807) is 37.7 Å². The van der Waals surface area contributed by atoms with Gasteiger partial charge in [-0.05, 0) is 47.5 Å². The highest BCUT2D eigenvalue weighted by atomic mass is 19.1. The van der Waals surface area contributed by atoms with Crippen molar-refractivity contribution < 1.29 is 19.0 Å². The van der Waals surface area contributed by atoms with Crippen LogP contribution in [0.2, 0.25) is 0 Å². The summed E-state index contributed by atoms with van der Waals surface area (Å²) in [5, 5.41) is 10.2. The maximum atomic E-state index is 13.7. The maximum absolute atomic E-state index is 13.7. The fraction of sp³-hybridized carbons (Fsp3) is 0.130. The molecule has 0 fully saturated rings. The van der Waals surface area contributed by atoms with Crippen LogP contribution >= 0.6 is 0 Å². The van der Waals surface area contributed by atoms with E-state index in [9.17, 15) is 14.3 Å². The predicted molar refractivity (Wildman–Crippen MR) is 112 cm³/mol. The summed E-state index contributed by atoms with van der Waals surface area (Å²) in [5.74, 6) is 0.242. The number of fused-ring (bicyclic) bond motifs is 1. The first-order valence-electron chi connectivity index (χ1n) is 9.30. The Hall–Kier alpha value is -3.87. The molecule has 0 amide bonds. The zero-order valence-electron chi connectivity index (χ0n) is 16.2. The van der Waals surface area contributed by atoms with Gasteiger partial charge in [0.15, 0.2) is 11.6 Å². The molecule has 7 heteroatoms. The van der Waals surface area contributed by atoms with Gasteiger partial charge in [-0.3, -0.25) is 9.78 Å². The Morgan fingerprint density at radius 1 is 1.07 bits per heavy atom. The number of nitrogens with zero attached hydrogens (tertiary/aromatic N) is 2. The lowest BCUT2D eigenvalue weighted by atomic mass is 10.1. The number of pyridine rings is 2. The van der Waals surface area contributed by atoms with E-state index < -0.39 is 11.6 Å². The molecule has 30 heavy (non-hydrogen) atoms. The Kier molecular flexibility index (Phi) is 5.34. The van der Waals surface area contributed by atoms with Gasteiger partial charge < -0.3 is 19.1 Å². The lowest BCUT2D eigenvalue weighted by molar-refractivity contribution is 0.299. The van der Waals surface area contributed by atoms with E-state index in [1.807, 2.05) is 18.2 Å². The highest BCUT2D eigenvalue weighted by molar-refractivity contribution is 5.85. The summed E-state index contributed by atoms with van der Waals surface area (Å²) in [6.07, 6.45) is 3.30. The molecule has 0 atom stereocenters. The third-order valence-electron chi connectivity index (χ3n) is 4.76. The van der Waals surface area contributed by atoms with Crippen LogP contribution in [0.3, 0.4) is 0 Å². The third-order valence-corrected chi connectivity index (χ3v) is 4.76. The van der Waals surface area contributed by atoms with Crippen LogP contribution in [0.1, 0.15) is 0 Å². The van der Waals surface area contributed by atoms with Crippen LogP contribution in [-0.4, -0.2) is 28.4 Å². The molecule has 0 saturated heterocycles. The number of aromatic hydroxyl groups is 1.